The van der Waals surface area contributed by atoms with Crippen LogP contribution in [-0.2, 0) is 0 Å². The van der Waals surface area contributed by atoms with Crippen LogP contribution < -0.4 is 0 Å². The van der Waals surface area contributed by atoms with Gasteiger partial charge in [0, 0.05) is 11.1 Å². The third-order valence-corrected chi connectivity index (χ3v) is 2.03. The van der Waals surface area contributed by atoms with Gasteiger partial charge in [-0.2, -0.15) is 0 Å². The van der Waals surface area contributed by atoms with Crippen LogP contribution in [0.4, 0.5) is 13.2 Å². The van der Waals surface area contributed by atoms with Gasteiger partial charge in [-0.1, -0.05) is 12.7 Å². The molecule has 0 aromatic heterocycles. The second-order valence-corrected chi connectivity index (χ2v) is 2.81. The first-order valence-corrected chi connectivity index (χ1v) is 3.76. The molecule has 0 N–H and O–H groups in total. The largest absolute Gasteiger partial charge is 0.206 e. The molecule has 1 rings (SSSR count). The van der Waals surface area contributed by atoms with E-state index in [0.29, 0.717) is 0 Å². The topological polar surface area (TPSA) is 0 Å². The van der Waals surface area contributed by atoms with Crippen molar-refractivity contribution in [2.45, 2.75) is 13.8 Å². The Kier molecular flexibility index (Phi) is 2.45. The van der Waals surface area contributed by atoms with E-state index in [9.17, 15) is 13.2 Å². The molecule has 1 aromatic rings. The van der Waals surface area contributed by atoms with Crippen molar-refractivity contribution in [1.82, 2.24) is 0 Å². The lowest BCUT2D eigenvalue weighted by Crippen LogP contribution is -2.01. The van der Waals surface area contributed by atoms with Gasteiger partial charge >= 0.3 is 0 Å². The van der Waals surface area contributed by atoms with Gasteiger partial charge in [-0.3, -0.25) is 0 Å². The van der Waals surface area contributed by atoms with Crippen molar-refractivity contribution < 1.29 is 13.2 Å². The zero-order valence-electron chi connectivity index (χ0n) is 7.42. The zero-order valence-corrected chi connectivity index (χ0v) is 7.42. The van der Waals surface area contributed by atoms with Crippen molar-refractivity contribution in [2.24, 2.45) is 0 Å². The van der Waals surface area contributed by atoms with Gasteiger partial charge in [0.15, 0.2) is 11.6 Å². The van der Waals surface area contributed by atoms with Crippen molar-refractivity contribution in [3.63, 3.8) is 0 Å². The normalized spacial score (nSPS) is 10.2. The Morgan fingerprint density at radius 1 is 0.923 bits per heavy atom. The van der Waals surface area contributed by atoms with Crippen LogP contribution in [0.2, 0.25) is 0 Å². The van der Waals surface area contributed by atoms with E-state index in [1.54, 1.807) is 0 Å². The Morgan fingerprint density at radius 3 is 1.92 bits per heavy atom. The molecule has 70 valence electrons. The first kappa shape index (κ1) is 9.84. The third kappa shape index (κ3) is 1.34. The molecule has 0 saturated carbocycles. The minimum absolute atomic E-state index is 0.0893. The average molecular weight is 186 g/mol. The summed E-state index contributed by atoms with van der Waals surface area (Å²) in [6, 6.07) is 0. The SMILES string of the molecule is C=Cc1c(C)c(F)c(C)c(F)c1F. The van der Waals surface area contributed by atoms with Gasteiger partial charge in [-0.05, 0) is 19.4 Å². The van der Waals surface area contributed by atoms with Crippen LogP contribution in [0.15, 0.2) is 6.58 Å². The molecule has 0 aliphatic heterocycles. The molecule has 0 heterocycles. The monoisotopic (exact) mass is 186 g/mol. The van der Waals surface area contributed by atoms with Crippen LogP contribution in [-0.4, -0.2) is 0 Å². The van der Waals surface area contributed by atoms with Gasteiger partial charge < -0.3 is 0 Å². The summed E-state index contributed by atoms with van der Waals surface area (Å²) in [6.07, 6.45) is 1.11. The zero-order chi connectivity index (χ0) is 10.2. The van der Waals surface area contributed by atoms with Crippen LogP contribution in [0.3, 0.4) is 0 Å². The molecule has 0 bridgehead atoms. The van der Waals surface area contributed by atoms with Crippen LogP contribution in [0, 0.1) is 31.3 Å². The molecular formula is C10H9F3. The highest BCUT2D eigenvalue weighted by molar-refractivity contribution is 5.54. The lowest BCUT2D eigenvalue weighted by molar-refractivity contribution is 0.481. The first-order chi connectivity index (χ1) is 6.00. The Balaban J connectivity index is 3.66. The summed E-state index contributed by atoms with van der Waals surface area (Å²) in [5, 5.41) is 0. The van der Waals surface area contributed by atoms with Crippen LogP contribution in [0.1, 0.15) is 16.7 Å². The number of hydrogen-bond acceptors (Lipinski definition) is 0. The number of halogens is 3. The highest BCUT2D eigenvalue weighted by Crippen LogP contribution is 2.24. The predicted octanol–water partition coefficient (Wildman–Crippen LogP) is 3.36. The predicted molar refractivity (Wildman–Crippen MR) is 45.9 cm³/mol. The molecular weight excluding hydrogens is 177 g/mol. The van der Waals surface area contributed by atoms with Gasteiger partial charge in [-0.15, -0.1) is 0 Å². The lowest BCUT2D eigenvalue weighted by atomic mass is 10.0. The first-order valence-electron chi connectivity index (χ1n) is 3.76. The Labute approximate surface area is 74.7 Å². The van der Waals surface area contributed by atoms with Crippen molar-refractivity contribution in [1.29, 1.82) is 0 Å². The lowest BCUT2D eigenvalue weighted by Gasteiger charge is -2.08. The van der Waals surface area contributed by atoms with Crippen molar-refractivity contribution >= 4 is 6.08 Å². The molecule has 1 aromatic carbocycles. The van der Waals surface area contributed by atoms with E-state index in [1.165, 1.54) is 13.8 Å². The van der Waals surface area contributed by atoms with Crippen LogP contribution >= 0.6 is 0 Å². The fraction of sp³-hybridized carbons (Fsp3) is 0.200. The number of benzene rings is 1. The molecule has 13 heavy (non-hydrogen) atoms. The summed E-state index contributed by atoms with van der Waals surface area (Å²) in [4.78, 5) is 0. The average Bonchev–Trinajstić information content (AvgIpc) is 2.13. The van der Waals surface area contributed by atoms with Gasteiger partial charge in [0.1, 0.15) is 5.82 Å². The minimum atomic E-state index is -1.14. The molecule has 0 spiro atoms. The van der Waals surface area contributed by atoms with E-state index in [1.807, 2.05) is 0 Å². The molecule has 0 aliphatic carbocycles. The van der Waals surface area contributed by atoms with E-state index >= 15 is 0 Å². The summed E-state index contributed by atoms with van der Waals surface area (Å²) < 4.78 is 39.2. The summed E-state index contributed by atoms with van der Waals surface area (Å²) in [6.45, 7) is 5.88. The quantitative estimate of drug-likeness (QED) is 0.590. The molecule has 0 radical (unpaired) electrons. The highest BCUT2D eigenvalue weighted by Gasteiger charge is 2.17. The summed E-state index contributed by atoms with van der Waals surface area (Å²) in [5.74, 6) is -2.89. The smallest absolute Gasteiger partial charge is 0.166 e. The summed E-state index contributed by atoms with van der Waals surface area (Å²) in [7, 11) is 0. The van der Waals surface area contributed by atoms with Crippen LogP contribution in [0.5, 0.6) is 0 Å². The second kappa shape index (κ2) is 3.24. The van der Waals surface area contributed by atoms with E-state index in [4.69, 9.17) is 0 Å². The van der Waals surface area contributed by atoms with Crippen molar-refractivity contribution in [2.75, 3.05) is 0 Å². The number of hydrogen-bond donors (Lipinski definition) is 0. The molecule has 0 saturated heterocycles. The maximum Gasteiger partial charge on any atom is 0.166 e. The van der Waals surface area contributed by atoms with Gasteiger partial charge in [0.25, 0.3) is 0 Å². The van der Waals surface area contributed by atoms with E-state index in [-0.39, 0.29) is 16.7 Å². The van der Waals surface area contributed by atoms with Crippen LogP contribution in [0.25, 0.3) is 6.08 Å². The Hall–Kier alpha value is -1.25. The molecule has 0 atom stereocenters. The second-order valence-electron chi connectivity index (χ2n) is 2.81. The maximum atomic E-state index is 13.2. The fourth-order valence-corrected chi connectivity index (χ4v) is 1.19. The summed E-state index contributed by atoms with van der Waals surface area (Å²) in [5.41, 5.74) is -0.312. The van der Waals surface area contributed by atoms with E-state index in [0.717, 1.165) is 6.08 Å². The maximum absolute atomic E-state index is 13.2. The van der Waals surface area contributed by atoms with Crippen molar-refractivity contribution in [3.8, 4) is 0 Å². The summed E-state index contributed by atoms with van der Waals surface area (Å²) >= 11 is 0. The molecule has 3 heteroatoms. The fourth-order valence-electron chi connectivity index (χ4n) is 1.19. The molecule has 0 unspecified atom stereocenters. The van der Waals surface area contributed by atoms with Gasteiger partial charge in [-0.25, -0.2) is 13.2 Å². The van der Waals surface area contributed by atoms with E-state index in [2.05, 4.69) is 6.58 Å². The minimum Gasteiger partial charge on any atom is -0.206 e. The molecule has 0 amide bonds. The Morgan fingerprint density at radius 2 is 1.46 bits per heavy atom. The van der Waals surface area contributed by atoms with Gasteiger partial charge in [0.2, 0.25) is 0 Å². The van der Waals surface area contributed by atoms with Gasteiger partial charge in [0.05, 0.1) is 0 Å². The van der Waals surface area contributed by atoms with Crippen molar-refractivity contribution in [3.05, 3.63) is 40.7 Å². The highest BCUT2D eigenvalue weighted by atomic mass is 19.2. The Bertz CT molecular complexity index is 338. The molecule has 0 aliphatic rings. The standard InChI is InChI=1S/C10H9F3/c1-4-7-5(2)8(11)6(3)9(12)10(7)13/h4H,1H2,2-3H3. The molecule has 0 fully saturated rings. The third-order valence-electron chi connectivity index (χ3n) is 2.03. The molecule has 0 nitrogen and oxygen atoms in total. The van der Waals surface area contributed by atoms with E-state index < -0.39 is 17.5 Å². The number of rotatable bonds is 1.